The first kappa shape index (κ1) is 15.9. The van der Waals surface area contributed by atoms with Crippen molar-refractivity contribution in [3.8, 4) is 11.8 Å². The van der Waals surface area contributed by atoms with E-state index in [0.29, 0.717) is 12.5 Å². The molecule has 0 radical (unpaired) electrons. The summed E-state index contributed by atoms with van der Waals surface area (Å²) in [7, 11) is 0. The van der Waals surface area contributed by atoms with Gasteiger partial charge in [-0.2, -0.15) is 5.26 Å². The number of nitrogens with one attached hydrogen (secondary N) is 1. The second kappa shape index (κ2) is 7.47. The molecule has 2 rings (SSSR count). The number of hydrogen-bond acceptors (Lipinski definition) is 3. The minimum Gasteiger partial charge on any atom is -0.494 e. The Balaban J connectivity index is 1.88. The highest BCUT2D eigenvalue weighted by atomic mass is 16.5. The molecule has 21 heavy (non-hydrogen) atoms. The van der Waals surface area contributed by atoms with Crippen LogP contribution in [0.25, 0.3) is 0 Å². The lowest BCUT2D eigenvalue weighted by molar-refractivity contribution is 0.233. The van der Waals surface area contributed by atoms with E-state index in [4.69, 9.17) is 4.74 Å². The minimum absolute atomic E-state index is 0.327. The number of benzene rings is 1. The van der Waals surface area contributed by atoms with Gasteiger partial charge in [0.25, 0.3) is 0 Å². The van der Waals surface area contributed by atoms with Crippen LogP contribution in [-0.2, 0) is 0 Å². The van der Waals surface area contributed by atoms with Gasteiger partial charge in [-0.15, -0.1) is 0 Å². The molecule has 1 aliphatic rings. The molecule has 1 saturated carbocycles. The number of nitriles is 1. The average Bonchev–Trinajstić information content (AvgIpc) is 2.89. The van der Waals surface area contributed by atoms with E-state index >= 15 is 0 Å². The van der Waals surface area contributed by atoms with Crippen molar-refractivity contribution in [1.82, 2.24) is 5.32 Å². The van der Waals surface area contributed by atoms with Crippen LogP contribution in [0.5, 0.6) is 5.75 Å². The van der Waals surface area contributed by atoms with Crippen molar-refractivity contribution >= 4 is 0 Å². The van der Waals surface area contributed by atoms with Crippen molar-refractivity contribution in [2.75, 3.05) is 13.2 Å². The van der Waals surface area contributed by atoms with Gasteiger partial charge in [-0.1, -0.05) is 25.5 Å². The summed E-state index contributed by atoms with van der Waals surface area (Å²) < 4.78 is 5.85. The molecule has 1 aromatic rings. The van der Waals surface area contributed by atoms with Gasteiger partial charge >= 0.3 is 0 Å². The van der Waals surface area contributed by atoms with Gasteiger partial charge < -0.3 is 4.74 Å². The molecular formula is C18H26N2O. The maximum absolute atomic E-state index is 9.61. The molecule has 0 spiro atoms. The number of aryl methyl sites for hydroxylation is 1. The van der Waals surface area contributed by atoms with E-state index in [1.165, 1.54) is 5.56 Å². The molecule has 0 heterocycles. The summed E-state index contributed by atoms with van der Waals surface area (Å²) in [6, 6.07) is 10.7. The van der Waals surface area contributed by atoms with Crippen LogP contribution < -0.4 is 10.1 Å². The van der Waals surface area contributed by atoms with Gasteiger partial charge in [0.15, 0.2) is 0 Å². The minimum atomic E-state index is -0.327. The van der Waals surface area contributed by atoms with E-state index in [1.807, 2.05) is 12.1 Å². The fourth-order valence-corrected chi connectivity index (χ4v) is 3.26. The first-order valence-electron chi connectivity index (χ1n) is 8.06. The third-order valence-electron chi connectivity index (χ3n) is 4.44. The monoisotopic (exact) mass is 286 g/mol. The van der Waals surface area contributed by atoms with E-state index in [1.54, 1.807) is 0 Å². The van der Waals surface area contributed by atoms with E-state index < -0.39 is 0 Å². The summed E-state index contributed by atoms with van der Waals surface area (Å²) in [5, 5.41) is 13.1. The van der Waals surface area contributed by atoms with E-state index in [-0.39, 0.29) is 5.54 Å². The Hall–Kier alpha value is -1.53. The Bertz CT molecular complexity index is 494. The molecule has 3 heteroatoms. The van der Waals surface area contributed by atoms with Crippen LogP contribution >= 0.6 is 0 Å². The van der Waals surface area contributed by atoms with Crippen molar-refractivity contribution in [3.63, 3.8) is 0 Å². The van der Waals surface area contributed by atoms with Crippen molar-refractivity contribution in [3.05, 3.63) is 29.8 Å². The third kappa shape index (κ3) is 3.98. The summed E-state index contributed by atoms with van der Waals surface area (Å²) in [5.74, 6) is 1.33. The Kier molecular flexibility index (Phi) is 5.64. The molecule has 2 unspecified atom stereocenters. The highest BCUT2D eigenvalue weighted by Crippen LogP contribution is 2.37. The van der Waals surface area contributed by atoms with Crippen molar-refractivity contribution < 1.29 is 4.74 Å². The third-order valence-corrected chi connectivity index (χ3v) is 4.44. The molecule has 1 fully saturated rings. The Labute approximate surface area is 128 Å². The predicted octanol–water partition coefficient (Wildman–Crippen LogP) is 3.83. The standard InChI is InChI=1S/C18H26N2O/c1-3-11-20-18(14-19)10-5-7-16(18)9-12-21-17-8-4-6-15(2)13-17/h4,6,8,13,16,20H,3,5,7,9-12H2,1-2H3. The normalized spacial score (nSPS) is 24.7. The van der Waals surface area contributed by atoms with Crippen LogP contribution in [0.15, 0.2) is 24.3 Å². The number of rotatable bonds is 7. The smallest absolute Gasteiger partial charge is 0.119 e. The Morgan fingerprint density at radius 1 is 1.48 bits per heavy atom. The second-order valence-electron chi connectivity index (χ2n) is 6.05. The highest BCUT2D eigenvalue weighted by molar-refractivity contribution is 5.27. The Morgan fingerprint density at radius 3 is 3.05 bits per heavy atom. The topological polar surface area (TPSA) is 45.0 Å². The van der Waals surface area contributed by atoms with Gasteiger partial charge in [-0.3, -0.25) is 5.32 Å². The van der Waals surface area contributed by atoms with Gasteiger partial charge in [0.2, 0.25) is 0 Å². The molecule has 3 nitrogen and oxygen atoms in total. The summed E-state index contributed by atoms with van der Waals surface area (Å²) >= 11 is 0. The number of ether oxygens (including phenoxy) is 1. The highest BCUT2D eigenvalue weighted by Gasteiger charge is 2.42. The van der Waals surface area contributed by atoms with Gasteiger partial charge in [0, 0.05) is 0 Å². The predicted molar refractivity (Wildman–Crippen MR) is 85.3 cm³/mol. The zero-order chi connectivity index (χ0) is 15.1. The molecule has 114 valence electrons. The van der Waals surface area contributed by atoms with Crippen LogP contribution in [0.4, 0.5) is 0 Å². The molecule has 0 aliphatic heterocycles. The van der Waals surface area contributed by atoms with Crippen molar-refractivity contribution in [1.29, 1.82) is 5.26 Å². The van der Waals surface area contributed by atoms with Crippen LogP contribution in [0.2, 0.25) is 0 Å². The maximum Gasteiger partial charge on any atom is 0.119 e. The zero-order valence-corrected chi connectivity index (χ0v) is 13.2. The number of hydrogen-bond donors (Lipinski definition) is 1. The lowest BCUT2D eigenvalue weighted by Gasteiger charge is -2.30. The van der Waals surface area contributed by atoms with Crippen molar-refractivity contribution in [2.45, 2.75) is 51.5 Å². The first-order chi connectivity index (χ1) is 10.2. The molecule has 1 N–H and O–H groups in total. The zero-order valence-electron chi connectivity index (χ0n) is 13.2. The maximum atomic E-state index is 9.61. The second-order valence-corrected chi connectivity index (χ2v) is 6.05. The van der Waals surface area contributed by atoms with Gasteiger partial charge in [0.05, 0.1) is 12.7 Å². The summed E-state index contributed by atoms with van der Waals surface area (Å²) in [5.41, 5.74) is 0.885. The lowest BCUT2D eigenvalue weighted by atomic mass is 9.86. The van der Waals surface area contributed by atoms with Gasteiger partial charge in [-0.25, -0.2) is 0 Å². The van der Waals surface area contributed by atoms with E-state index in [9.17, 15) is 5.26 Å². The van der Waals surface area contributed by atoms with E-state index in [0.717, 1.165) is 44.4 Å². The number of nitrogens with zero attached hydrogens (tertiary/aromatic N) is 1. The Morgan fingerprint density at radius 2 is 2.33 bits per heavy atom. The van der Waals surface area contributed by atoms with Gasteiger partial charge in [0.1, 0.15) is 11.3 Å². The lowest BCUT2D eigenvalue weighted by Crippen LogP contribution is -2.47. The molecule has 2 atom stereocenters. The molecule has 0 aromatic heterocycles. The van der Waals surface area contributed by atoms with Crippen LogP contribution in [0.3, 0.4) is 0 Å². The SMILES string of the molecule is CCCNC1(C#N)CCCC1CCOc1cccc(C)c1. The molecule has 1 aliphatic carbocycles. The molecule has 0 amide bonds. The van der Waals surface area contributed by atoms with Crippen LogP contribution in [-0.4, -0.2) is 18.7 Å². The molecule has 1 aromatic carbocycles. The average molecular weight is 286 g/mol. The van der Waals surface area contributed by atoms with Crippen LogP contribution in [0, 0.1) is 24.2 Å². The first-order valence-corrected chi connectivity index (χ1v) is 8.06. The fourth-order valence-electron chi connectivity index (χ4n) is 3.26. The summed E-state index contributed by atoms with van der Waals surface area (Å²) in [6.45, 7) is 5.82. The fraction of sp³-hybridized carbons (Fsp3) is 0.611. The largest absolute Gasteiger partial charge is 0.494 e. The summed E-state index contributed by atoms with van der Waals surface area (Å²) in [4.78, 5) is 0. The summed E-state index contributed by atoms with van der Waals surface area (Å²) in [6.07, 6.45) is 5.24. The quantitative estimate of drug-likeness (QED) is 0.828. The molecule has 0 saturated heterocycles. The molecular weight excluding hydrogens is 260 g/mol. The van der Waals surface area contributed by atoms with E-state index in [2.05, 4.69) is 37.4 Å². The van der Waals surface area contributed by atoms with Crippen molar-refractivity contribution in [2.24, 2.45) is 5.92 Å². The van der Waals surface area contributed by atoms with Crippen LogP contribution in [0.1, 0.15) is 44.6 Å². The van der Waals surface area contributed by atoms with Gasteiger partial charge in [-0.05, 0) is 62.8 Å². The molecule has 0 bridgehead atoms.